The molecule has 2 aromatic rings. The van der Waals surface area contributed by atoms with Crippen molar-refractivity contribution in [3.8, 4) is 0 Å². The Hall–Kier alpha value is -2.05. The summed E-state index contributed by atoms with van der Waals surface area (Å²) in [5, 5.41) is 9.90. The van der Waals surface area contributed by atoms with Crippen molar-refractivity contribution in [2.45, 2.75) is 43.2 Å². The molecule has 1 aromatic carbocycles. The summed E-state index contributed by atoms with van der Waals surface area (Å²) in [6.07, 6.45) is 3.07. The summed E-state index contributed by atoms with van der Waals surface area (Å²) in [6, 6.07) is 16.4. The molecule has 3 N–H and O–H groups in total. The Morgan fingerprint density at radius 1 is 1.30 bits per heavy atom. The molecule has 0 aliphatic carbocycles. The molecule has 1 fully saturated rings. The Kier molecular flexibility index (Phi) is 6.39. The van der Waals surface area contributed by atoms with E-state index in [1.54, 1.807) is 0 Å². The Morgan fingerprint density at radius 2 is 2.07 bits per heavy atom. The van der Waals surface area contributed by atoms with Crippen molar-refractivity contribution in [2.24, 2.45) is 11.1 Å². The molecule has 2 atom stereocenters. The fourth-order valence-corrected chi connectivity index (χ4v) is 4.34. The normalized spacial score (nSPS) is 19.7. The van der Waals surface area contributed by atoms with Gasteiger partial charge in [-0.15, -0.1) is 0 Å². The third kappa shape index (κ3) is 5.02. The molecule has 0 saturated carbocycles. The number of nitrogens with one attached hydrogen (secondary N) is 1. The molecule has 1 aromatic heterocycles. The molecule has 2 unspecified atom stereocenters. The van der Waals surface area contributed by atoms with Crippen LogP contribution in [-0.2, 0) is 4.79 Å². The van der Waals surface area contributed by atoms with E-state index in [0.717, 1.165) is 55.1 Å². The number of nitrogens with zero attached hydrogens (tertiary/aromatic N) is 2. The Labute approximate surface area is 165 Å². The number of amides is 1. The van der Waals surface area contributed by atoms with Crippen LogP contribution in [0.5, 0.6) is 0 Å². The predicted octanol–water partition coefficient (Wildman–Crippen LogP) is 3.89. The molecule has 1 aliphatic rings. The van der Waals surface area contributed by atoms with E-state index in [9.17, 15) is 4.79 Å². The number of aromatic nitrogens is 1. The second-order valence-corrected chi connectivity index (χ2v) is 8.50. The van der Waals surface area contributed by atoms with Crippen molar-refractivity contribution >= 4 is 24.2 Å². The lowest BCUT2D eigenvalue weighted by Gasteiger charge is -2.27. The lowest BCUT2D eigenvalue weighted by molar-refractivity contribution is -0.120. The lowest BCUT2D eigenvalue weighted by Crippen LogP contribution is -2.36. The number of hydrogen-bond donors (Lipinski definition) is 2. The first-order valence-electron chi connectivity index (χ1n) is 9.36. The van der Waals surface area contributed by atoms with Crippen LogP contribution < -0.4 is 10.5 Å². The number of carbonyl (C=O) groups excluding carboxylic acids is 1. The van der Waals surface area contributed by atoms with Gasteiger partial charge in [-0.25, -0.2) is 4.98 Å². The minimum absolute atomic E-state index is 0.0602. The fourth-order valence-electron chi connectivity index (χ4n) is 4.03. The van der Waals surface area contributed by atoms with Crippen LogP contribution in [-0.4, -0.2) is 34.9 Å². The highest BCUT2D eigenvalue weighted by Crippen LogP contribution is 2.37. The molecule has 2 heterocycles. The molecular weight excluding hydrogens is 356 g/mol. The largest absolute Gasteiger partial charge is 0.369 e. The van der Waals surface area contributed by atoms with Gasteiger partial charge in [0, 0.05) is 24.5 Å². The maximum atomic E-state index is 11.4. The quantitative estimate of drug-likeness (QED) is 0.534. The number of likely N-dealkylation sites (tertiary alicyclic amines) is 1. The van der Waals surface area contributed by atoms with Gasteiger partial charge in [0.25, 0.3) is 0 Å². The molecular formula is C21H28N4OS. The van der Waals surface area contributed by atoms with Crippen LogP contribution in [0.4, 0.5) is 5.82 Å². The summed E-state index contributed by atoms with van der Waals surface area (Å²) in [5.74, 6) is 1.69. The van der Waals surface area contributed by atoms with Gasteiger partial charge in [0.1, 0.15) is 10.8 Å². The average Bonchev–Trinajstić information content (AvgIpc) is 2.99. The molecule has 1 saturated heterocycles. The standard InChI is InChI=1S/C21H28N4OS/c1-21(2)12-16(14-25(21)15-26)11-18(17-7-4-3-5-8-17)13-23-19-9-6-10-20(24-19)27-22/h3-10,15-16,18H,11-14,22H2,1-2H3,(H,23,24). The third-order valence-corrected chi connectivity index (χ3v) is 5.88. The van der Waals surface area contributed by atoms with E-state index < -0.39 is 0 Å². The van der Waals surface area contributed by atoms with Crippen molar-refractivity contribution in [3.05, 3.63) is 54.1 Å². The van der Waals surface area contributed by atoms with Gasteiger partial charge in [-0.3, -0.25) is 9.93 Å². The molecule has 27 heavy (non-hydrogen) atoms. The number of pyridine rings is 1. The maximum absolute atomic E-state index is 11.4. The van der Waals surface area contributed by atoms with E-state index in [-0.39, 0.29) is 5.54 Å². The number of anilines is 1. The summed E-state index contributed by atoms with van der Waals surface area (Å²) in [4.78, 5) is 17.8. The predicted molar refractivity (Wildman–Crippen MR) is 112 cm³/mol. The number of nitrogens with two attached hydrogens (primary N) is 1. The first-order valence-corrected chi connectivity index (χ1v) is 10.2. The smallest absolute Gasteiger partial charge is 0.210 e. The van der Waals surface area contributed by atoms with Gasteiger partial charge in [-0.05, 0) is 62.3 Å². The molecule has 5 nitrogen and oxygen atoms in total. The van der Waals surface area contributed by atoms with Gasteiger partial charge in [0.2, 0.25) is 6.41 Å². The summed E-state index contributed by atoms with van der Waals surface area (Å²) in [6.45, 7) is 5.93. The number of rotatable bonds is 8. The van der Waals surface area contributed by atoms with Gasteiger partial charge < -0.3 is 10.2 Å². The van der Waals surface area contributed by atoms with Crippen molar-refractivity contribution < 1.29 is 4.79 Å². The van der Waals surface area contributed by atoms with E-state index in [0.29, 0.717) is 11.8 Å². The second-order valence-electron chi connectivity index (χ2n) is 7.84. The third-order valence-electron chi connectivity index (χ3n) is 5.41. The van der Waals surface area contributed by atoms with Gasteiger partial charge >= 0.3 is 0 Å². The SMILES string of the molecule is CC1(C)CC(CC(CNc2cccc(SN)n2)c2ccccc2)CN1C=O. The summed E-state index contributed by atoms with van der Waals surface area (Å²) < 4.78 is 0. The zero-order chi connectivity index (χ0) is 19.3. The van der Waals surface area contributed by atoms with Crippen molar-refractivity contribution in [1.29, 1.82) is 0 Å². The van der Waals surface area contributed by atoms with Crippen LogP contribution in [0.2, 0.25) is 0 Å². The Morgan fingerprint density at radius 3 is 2.74 bits per heavy atom. The highest BCUT2D eigenvalue weighted by atomic mass is 32.2. The van der Waals surface area contributed by atoms with E-state index >= 15 is 0 Å². The van der Waals surface area contributed by atoms with E-state index in [2.05, 4.69) is 48.4 Å². The monoisotopic (exact) mass is 384 g/mol. The zero-order valence-electron chi connectivity index (χ0n) is 16.0. The first kappa shape index (κ1) is 19.7. The number of benzene rings is 1. The minimum atomic E-state index is -0.0602. The first-order chi connectivity index (χ1) is 13.0. The van der Waals surface area contributed by atoms with Crippen LogP contribution in [0.25, 0.3) is 0 Å². The molecule has 144 valence electrons. The van der Waals surface area contributed by atoms with E-state index in [1.165, 1.54) is 5.56 Å². The number of carbonyl (C=O) groups is 1. The molecule has 0 radical (unpaired) electrons. The highest BCUT2D eigenvalue weighted by molar-refractivity contribution is 7.97. The Balaban J connectivity index is 1.71. The van der Waals surface area contributed by atoms with Crippen LogP contribution >= 0.6 is 11.9 Å². The summed E-state index contributed by atoms with van der Waals surface area (Å²) in [5.41, 5.74) is 1.26. The van der Waals surface area contributed by atoms with Crippen LogP contribution in [0.15, 0.2) is 53.6 Å². The molecule has 0 bridgehead atoms. The summed E-state index contributed by atoms with van der Waals surface area (Å²) in [7, 11) is 0. The lowest BCUT2D eigenvalue weighted by atomic mass is 9.85. The molecule has 1 aliphatic heterocycles. The average molecular weight is 385 g/mol. The van der Waals surface area contributed by atoms with Crippen LogP contribution in [0.1, 0.15) is 38.2 Å². The number of hydrogen-bond acceptors (Lipinski definition) is 5. The van der Waals surface area contributed by atoms with Crippen molar-refractivity contribution in [3.63, 3.8) is 0 Å². The van der Waals surface area contributed by atoms with Crippen LogP contribution in [0, 0.1) is 5.92 Å². The van der Waals surface area contributed by atoms with Gasteiger partial charge in [0.05, 0.1) is 0 Å². The molecule has 1 amide bonds. The zero-order valence-corrected chi connectivity index (χ0v) is 16.8. The Bertz CT molecular complexity index is 753. The maximum Gasteiger partial charge on any atom is 0.210 e. The van der Waals surface area contributed by atoms with Gasteiger partial charge in [0.15, 0.2) is 0 Å². The summed E-state index contributed by atoms with van der Waals surface area (Å²) >= 11 is 1.15. The molecule has 6 heteroatoms. The van der Waals surface area contributed by atoms with Crippen LogP contribution in [0.3, 0.4) is 0 Å². The second kappa shape index (κ2) is 8.76. The van der Waals surface area contributed by atoms with Gasteiger partial charge in [-0.1, -0.05) is 36.4 Å². The van der Waals surface area contributed by atoms with Crippen molar-refractivity contribution in [2.75, 3.05) is 18.4 Å². The minimum Gasteiger partial charge on any atom is -0.369 e. The molecule has 0 spiro atoms. The fraction of sp³-hybridized carbons (Fsp3) is 0.429. The van der Waals surface area contributed by atoms with Gasteiger partial charge in [-0.2, -0.15) is 0 Å². The van der Waals surface area contributed by atoms with E-state index in [4.69, 9.17) is 5.14 Å². The topological polar surface area (TPSA) is 71.2 Å². The molecule has 3 rings (SSSR count). The van der Waals surface area contributed by atoms with E-state index in [1.807, 2.05) is 29.2 Å². The highest BCUT2D eigenvalue weighted by Gasteiger charge is 2.38. The van der Waals surface area contributed by atoms with Crippen molar-refractivity contribution in [1.82, 2.24) is 9.88 Å².